The zero-order chi connectivity index (χ0) is 21.8. The predicted molar refractivity (Wildman–Crippen MR) is 118 cm³/mol. The molecule has 0 saturated heterocycles. The maximum Gasteiger partial charge on any atom is 0.281 e. The quantitative estimate of drug-likeness (QED) is 0.578. The molecule has 2 aromatic heterocycles. The lowest BCUT2D eigenvalue weighted by atomic mass is 10.2. The molecule has 3 aromatic rings. The highest BCUT2D eigenvalue weighted by Gasteiger charge is 2.23. The molecular formula is C23H30N4O3. The minimum absolute atomic E-state index is 0.0811. The SMILES string of the molecule is Cc1c2cnn(-c3ccccc3)c(=O)c2c(C)n1[C@@H](C)C(=O)NCCCOC(C)C. The predicted octanol–water partition coefficient (Wildman–Crippen LogP) is 3.30. The number of rotatable bonds is 8. The van der Waals surface area contributed by atoms with E-state index in [1.165, 1.54) is 4.68 Å². The van der Waals surface area contributed by atoms with Crippen LogP contribution in [0.4, 0.5) is 0 Å². The number of nitrogens with one attached hydrogen (secondary N) is 1. The second-order valence-corrected chi connectivity index (χ2v) is 7.77. The number of carbonyl (C=O) groups excluding carboxylic acids is 1. The standard InChI is InChI=1S/C23H30N4O3/c1-15(2)30-13-9-12-24-22(28)18(5)26-16(3)20-14-25-27(19-10-7-6-8-11-19)23(29)21(20)17(26)4/h6-8,10-11,14-15,18H,9,12-13H2,1-5H3,(H,24,28)/t18-/m0/s1. The topological polar surface area (TPSA) is 78.2 Å². The van der Waals surface area contributed by atoms with Crippen molar-refractivity contribution < 1.29 is 9.53 Å². The fourth-order valence-corrected chi connectivity index (χ4v) is 3.78. The largest absolute Gasteiger partial charge is 0.379 e. The van der Waals surface area contributed by atoms with Crippen molar-refractivity contribution in [3.8, 4) is 5.69 Å². The Bertz CT molecular complexity index is 1080. The number of carbonyl (C=O) groups is 1. The van der Waals surface area contributed by atoms with E-state index < -0.39 is 6.04 Å². The first-order chi connectivity index (χ1) is 14.3. The van der Waals surface area contributed by atoms with E-state index >= 15 is 0 Å². The maximum atomic E-state index is 13.2. The zero-order valence-corrected chi connectivity index (χ0v) is 18.3. The van der Waals surface area contributed by atoms with Crippen molar-refractivity contribution in [1.82, 2.24) is 19.7 Å². The van der Waals surface area contributed by atoms with Crippen LogP contribution in [0.25, 0.3) is 16.5 Å². The first kappa shape index (κ1) is 21.8. The number of aromatic nitrogens is 3. The normalized spacial score (nSPS) is 12.5. The van der Waals surface area contributed by atoms with Crippen molar-refractivity contribution in [1.29, 1.82) is 0 Å². The van der Waals surface area contributed by atoms with Gasteiger partial charge in [0.15, 0.2) is 0 Å². The van der Waals surface area contributed by atoms with Gasteiger partial charge in [-0.1, -0.05) is 18.2 Å². The first-order valence-corrected chi connectivity index (χ1v) is 10.4. The monoisotopic (exact) mass is 410 g/mol. The summed E-state index contributed by atoms with van der Waals surface area (Å²) in [5.74, 6) is -0.0811. The van der Waals surface area contributed by atoms with Crippen LogP contribution in [0.2, 0.25) is 0 Å². The number of benzene rings is 1. The number of fused-ring (bicyclic) bond motifs is 1. The van der Waals surface area contributed by atoms with Crippen molar-refractivity contribution in [3.05, 3.63) is 58.3 Å². The van der Waals surface area contributed by atoms with Crippen LogP contribution in [0.5, 0.6) is 0 Å². The lowest BCUT2D eigenvalue weighted by Crippen LogP contribution is -2.33. The van der Waals surface area contributed by atoms with Crippen LogP contribution in [-0.2, 0) is 9.53 Å². The number of amides is 1. The number of hydrogen-bond acceptors (Lipinski definition) is 4. The lowest BCUT2D eigenvalue weighted by Gasteiger charge is -2.18. The summed E-state index contributed by atoms with van der Waals surface area (Å²) in [5, 5.41) is 8.69. The summed E-state index contributed by atoms with van der Waals surface area (Å²) in [6, 6.07) is 8.89. The molecule has 0 aliphatic carbocycles. The zero-order valence-electron chi connectivity index (χ0n) is 18.3. The van der Waals surface area contributed by atoms with E-state index in [1.807, 2.05) is 69.5 Å². The van der Waals surface area contributed by atoms with Gasteiger partial charge >= 0.3 is 0 Å². The molecule has 2 heterocycles. The Morgan fingerprint density at radius 3 is 2.50 bits per heavy atom. The summed E-state index contributed by atoms with van der Waals surface area (Å²) >= 11 is 0. The Balaban J connectivity index is 1.87. The number of aryl methyl sites for hydroxylation is 2. The molecule has 1 N–H and O–H groups in total. The highest BCUT2D eigenvalue weighted by atomic mass is 16.5. The molecule has 3 rings (SSSR count). The fourth-order valence-electron chi connectivity index (χ4n) is 3.78. The maximum absolute atomic E-state index is 13.2. The van der Waals surface area contributed by atoms with Gasteiger partial charge in [0.1, 0.15) is 6.04 Å². The van der Waals surface area contributed by atoms with Crippen molar-refractivity contribution in [3.63, 3.8) is 0 Å². The summed E-state index contributed by atoms with van der Waals surface area (Å²) in [6.45, 7) is 10.8. The lowest BCUT2D eigenvalue weighted by molar-refractivity contribution is -0.124. The van der Waals surface area contributed by atoms with Gasteiger partial charge in [-0.05, 0) is 53.2 Å². The van der Waals surface area contributed by atoms with Gasteiger partial charge < -0.3 is 14.6 Å². The Hall–Kier alpha value is -2.93. The van der Waals surface area contributed by atoms with Crippen molar-refractivity contribution in [2.75, 3.05) is 13.2 Å². The van der Waals surface area contributed by atoms with E-state index in [0.717, 1.165) is 23.2 Å². The van der Waals surface area contributed by atoms with Gasteiger partial charge in [0.05, 0.1) is 23.4 Å². The van der Waals surface area contributed by atoms with E-state index in [4.69, 9.17) is 4.74 Å². The van der Waals surface area contributed by atoms with Crippen LogP contribution in [0.15, 0.2) is 41.3 Å². The van der Waals surface area contributed by atoms with Crippen LogP contribution in [0.3, 0.4) is 0 Å². The minimum atomic E-state index is -0.437. The summed E-state index contributed by atoms with van der Waals surface area (Å²) < 4.78 is 8.83. The van der Waals surface area contributed by atoms with Crippen LogP contribution >= 0.6 is 0 Å². The third-order valence-corrected chi connectivity index (χ3v) is 5.29. The number of nitrogens with zero attached hydrogens (tertiary/aromatic N) is 3. The highest BCUT2D eigenvalue weighted by molar-refractivity contribution is 5.89. The minimum Gasteiger partial charge on any atom is -0.379 e. The third-order valence-electron chi connectivity index (χ3n) is 5.29. The van der Waals surface area contributed by atoms with Gasteiger partial charge in [-0.25, -0.2) is 0 Å². The van der Waals surface area contributed by atoms with Crippen molar-refractivity contribution in [2.45, 2.75) is 53.2 Å². The Labute approximate surface area is 176 Å². The molecule has 30 heavy (non-hydrogen) atoms. The second kappa shape index (κ2) is 9.26. The highest BCUT2D eigenvalue weighted by Crippen LogP contribution is 2.26. The summed E-state index contributed by atoms with van der Waals surface area (Å²) in [6.07, 6.45) is 2.65. The van der Waals surface area contributed by atoms with Crippen molar-refractivity contribution >= 4 is 16.7 Å². The fraction of sp³-hybridized carbons (Fsp3) is 0.435. The smallest absolute Gasteiger partial charge is 0.281 e. The Kier molecular flexibility index (Phi) is 6.72. The van der Waals surface area contributed by atoms with Gasteiger partial charge in [-0.3, -0.25) is 9.59 Å². The molecule has 0 spiro atoms. The molecule has 0 fully saturated rings. The Morgan fingerprint density at radius 1 is 1.13 bits per heavy atom. The third kappa shape index (κ3) is 4.31. The molecule has 1 amide bonds. The molecule has 0 aliphatic heterocycles. The van der Waals surface area contributed by atoms with E-state index in [9.17, 15) is 9.59 Å². The van der Waals surface area contributed by atoms with Crippen LogP contribution in [0.1, 0.15) is 44.6 Å². The van der Waals surface area contributed by atoms with Crippen LogP contribution < -0.4 is 10.9 Å². The molecule has 0 saturated carbocycles. The number of para-hydroxylation sites is 1. The molecule has 1 aromatic carbocycles. The summed E-state index contributed by atoms with van der Waals surface area (Å²) in [4.78, 5) is 25.9. The molecule has 0 bridgehead atoms. The molecular weight excluding hydrogens is 380 g/mol. The molecule has 1 atom stereocenters. The van der Waals surface area contributed by atoms with E-state index in [2.05, 4.69) is 10.4 Å². The molecule has 0 unspecified atom stereocenters. The summed E-state index contributed by atoms with van der Waals surface area (Å²) in [7, 11) is 0. The van der Waals surface area contributed by atoms with Crippen LogP contribution in [-0.4, -0.2) is 39.5 Å². The molecule has 7 nitrogen and oxygen atoms in total. The van der Waals surface area contributed by atoms with E-state index in [0.29, 0.717) is 24.2 Å². The average Bonchev–Trinajstić information content (AvgIpc) is 2.98. The van der Waals surface area contributed by atoms with Crippen molar-refractivity contribution in [2.24, 2.45) is 0 Å². The number of ether oxygens (including phenoxy) is 1. The van der Waals surface area contributed by atoms with Gasteiger partial charge in [0.25, 0.3) is 5.56 Å². The van der Waals surface area contributed by atoms with E-state index in [-0.39, 0.29) is 17.6 Å². The van der Waals surface area contributed by atoms with Gasteiger partial charge in [-0.15, -0.1) is 0 Å². The average molecular weight is 411 g/mol. The van der Waals surface area contributed by atoms with Gasteiger partial charge in [-0.2, -0.15) is 9.78 Å². The van der Waals surface area contributed by atoms with Crippen LogP contribution in [0, 0.1) is 13.8 Å². The first-order valence-electron chi connectivity index (χ1n) is 10.4. The van der Waals surface area contributed by atoms with Gasteiger partial charge in [0, 0.05) is 29.9 Å². The molecule has 0 radical (unpaired) electrons. The van der Waals surface area contributed by atoms with E-state index in [1.54, 1.807) is 6.20 Å². The molecule has 7 heteroatoms. The molecule has 0 aliphatic rings. The summed E-state index contributed by atoms with van der Waals surface area (Å²) in [5.41, 5.74) is 2.16. The molecule has 160 valence electrons. The number of hydrogen-bond donors (Lipinski definition) is 1. The van der Waals surface area contributed by atoms with Gasteiger partial charge in [0.2, 0.25) is 5.91 Å². The second-order valence-electron chi connectivity index (χ2n) is 7.77. The Morgan fingerprint density at radius 2 is 1.83 bits per heavy atom.